The monoisotopic (exact) mass is 532 g/mol. The Morgan fingerprint density at radius 2 is 1.90 bits per heavy atom. The Labute approximate surface area is 194 Å². The molecule has 1 atom stereocenters. The van der Waals surface area contributed by atoms with Crippen molar-refractivity contribution in [3.63, 3.8) is 0 Å². The third-order valence-electron chi connectivity index (χ3n) is 4.60. The third-order valence-corrected chi connectivity index (χ3v) is 4.93. The maximum atomic E-state index is 12.1. The van der Waals surface area contributed by atoms with E-state index in [0.29, 0.717) is 29.6 Å². The number of amides is 1. The molecular weight excluding hydrogens is 503 g/mol. The Hall–Kier alpha value is -1.81. The van der Waals surface area contributed by atoms with Gasteiger partial charge in [-0.2, -0.15) is 5.10 Å². The van der Waals surface area contributed by atoms with Crippen molar-refractivity contribution in [3.05, 3.63) is 51.8 Å². The zero-order chi connectivity index (χ0) is 20.7. The Balaban J connectivity index is 0.00000420. The largest absolute Gasteiger partial charge is 0.355 e. The quantitative estimate of drug-likeness (QED) is 0.222. The lowest BCUT2D eigenvalue weighted by Gasteiger charge is -2.18. The molecule has 1 heterocycles. The first-order valence-corrected chi connectivity index (χ1v) is 9.70. The number of aryl methyl sites for hydroxylation is 2. The molecule has 0 saturated heterocycles. The minimum absolute atomic E-state index is 0. The van der Waals surface area contributed by atoms with Gasteiger partial charge in [-0.3, -0.25) is 14.5 Å². The number of benzene rings is 1. The summed E-state index contributed by atoms with van der Waals surface area (Å²) in [5.41, 5.74) is 3.96. The topological polar surface area (TPSA) is 83.3 Å². The molecule has 0 aliphatic carbocycles. The van der Waals surface area contributed by atoms with E-state index in [9.17, 15) is 4.79 Å². The zero-order valence-electron chi connectivity index (χ0n) is 17.5. The summed E-state index contributed by atoms with van der Waals surface area (Å²) in [6.45, 7) is 7.23. The lowest BCUT2D eigenvalue weighted by atomic mass is 10.1. The molecule has 9 heteroatoms. The van der Waals surface area contributed by atoms with Gasteiger partial charge in [0, 0.05) is 38.9 Å². The molecule has 0 fully saturated rings. The number of nitrogens with zero attached hydrogens (tertiary/aromatic N) is 3. The lowest BCUT2D eigenvalue weighted by Crippen LogP contribution is -2.45. The van der Waals surface area contributed by atoms with Crippen molar-refractivity contribution in [2.45, 2.75) is 33.2 Å². The predicted molar refractivity (Wildman–Crippen MR) is 130 cm³/mol. The summed E-state index contributed by atoms with van der Waals surface area (Å²) < 4.78 is 1.91. The Bertz CT molecular complexity index is 851. The second-order valence-electron chi connectivity index (χ2n) is 6.76. The third kappa shape index (κ3) is 7.18. The van der Waals surface area contributed by atoms with Gasteiger partial charge in [0.1, 0.15) is 0 Å². The molecule has 1 aromatic heterocycles. The lowest BCUT2D eigenvalue weighted by molar-refractivity contribution is 0.0954. The van der Waals surface area contributed by atoms with Crippen molar-refractivity contribution in [2.75, 3.05) is 20.1 Å². The zero-order valence-corrected chi connectivity index (χ0v) is 20.6. The van der Waals surface area contributed by atoms with E-state index in [1.165, 1.54) is 11.3 Å². The molecule has 2 rings (SSSR count). The van der Waals surface area contributed by atoms with Crippen molar-refractivity contribution in [1.82, 2.24) is 25.7 Å². The molecule has 29 heavy (non-hydrogen) atoms. The normalized spacial score (nSPS) is 12.1. The fraction of sp³-hybridized carbons (Fsp3) is 0.450. The first kappa shape index (κ1) is 25.2. The van der Waals surface area contributed by atoms with Gasteiger partial charge in [0.25, 0.3) is 5.91 Å². The smallest absolute Gasteiger partial charge is 0.252 e. The highest BCUT2D eigenvalue weighted by molar-refractivity contribution is 14.0. The van der Waals surface area contributed by atoms with Crippen LogP contribution in [0.2, 0.25) is 5.02 Å². The number of guanidine groups is 1. The molecule has 7 nitrogen and oxygen atoms in total. The summed E-state index contributed by atoms with van der Waals surface area (Å²) in [5, 5.41) is 14.3. The van der Waals surface area contributed by atoms with Crippen LogP contribution in [0, 0.1) is 13.8 Å². The number of nitrogens with one attached hydrogen (secondary N) is 3. The predicted octanol–water partition coefficient (Wildman–Crippen LogP) is 2.83. The minimum Gasteiger partial charge on any atom is -0.355 e. The summed E-state index contributed by atoms with van der Waals surface area (Å²) in [7, 11) is 3.69. The Morgan fingerprint density at radius 1 is 1.24 bits per heavy atom. The fourth-order valence-corrected chi connectivity index (χ4v) is 3.22. The van der Waals surface area contributed by atoms with Crippen molar-refractivity contribution in [2.24, 2.45) is 12.0 Å². The van der Waals surface area contributed by atoms with Crippen LogP contribution in [0.1, 0.15) is 34.2 Å². The van der Waals surface area contributed by atoms with Crippen molar-refractivity contribution in [1.29, 1.82) is 0 Å². The average Bonchev–Trinajstić information content (AvgIpc) is 2.90. The summed E-state index contributed by atoms with van der Waals surface area (Å²) in [5.74, 6) is 0.505. The number of aliphatic imine (C=N–C) groups is 1. The summed E-state index contributed by atoms with van der Waals surface area (Å²) in [4.78, 5) is 16.4. The number of carbonyl (C=O) groups is 1. The number of hydrogen-bond donors (Lipinski definition) is 3. The van der Waals surface area contributed by atoms with Crippen molar-refractivity contribution in [3.8, 4) is 0 Å². The van der Waals surface area contributed by atoms with Crippen molar-refractivity contribution >= 4 is 47.4 Å². The van der Waals surface area contributed by atoms with Gasteiger partial charge in [0.2, 0.25) is 0 Å². The number of aromatic nitrogens is 2. The van der Waals surface area contributed by atoms with Gasteiger partial charge in [-0.25, -0.2) is 0 Å². The maximum absolute atomic E-state index is 12.1. The van der Waals surface area contributed by atoms with Gasteiger partial charge in [-0.1, -0.05) is 23.7 Å². The molecule has 1 amide bonds. The van der Waals surface area contributed by atoms with Crippen LogP contribution < -0.4 is 16.0 Å². The molecule has 0 radical (unpaired) electrons. The highest BCUT2D eigenvalue weighted by Gasteiger charge is 2.14. The molecule has 1 aromatic carbocycles. The van der Waals surface area contributed by atoms with Crippen LogP contribution >= 0.6 is 35.6 Å². The molecular formula is C20H30ClIN6O. The minimum atomic E-state index is -0.189. The molecule has 2 aromatic rings. The molecule has 0 bridgehead atoms. The van der Waals surface area contributed by atoms with Crippen LogP contribution in [0.4, 0.5) is 0 Å². The number of rotatable bonds is 7. The molecule has 0 aliphatic heterocycles. The van der Waals surface area contributed by atoms with Crippen molar-refractivity contribution < 1.29 is 4.79 Å². The van der Waals surface area contributed by atoms with Gasteiger partial charge in [0.15, 0.2) is 5.96 Å². The number of halogens is 2. The Kier molecular flexibility index (Phi) is 10.5. The first-order valence-electron chi connectivity index (χ1n) is 9.32. The highest BCUT2D eigenvalue weighted by atomic mass is 127. The van der Waals surface area contributed by atoms with E-state index in [1.54, 1.807) is 31.3 Å². The summed E-state index contributed by atoms with van der Waals surface area (Å²) >= 11 is 6.04. The number of hydrogen-bond acceptors (Lipinski definition) is 3. The Morgan fingerprint density at radius 3 is 2.48 bits per heavy atom. The second-order valence-corrected chi connectivity index (χ2v) is 7.16. The van der Waals surface area contributed by atoms with Crippen LogP contribution in [0.3, 0.4) is 0 Å². The standard InChI is InChI=1S/C20H29ClN6O.HI/c1-13(12-17-14(2)26-27(5)15(17)3)25-20(22-4)24-11-10-23-19(28)16-8-6-7-9-18(16)21;/h6-9,13H,10-12H2,1-5H3,(H,23,28)(H2,22,24,25);1H. The van der Waals surface area contributed by atoms with E-state index < -0.39 is 0 Å². The van der Waals surface area contributed by atoms with Crippen LogP contribution in [0.5, 0.6) is 0 Å². The van der Waals surface area contributed by atoms with E-state index in [2.05, 4.69) is 39.9 Å². The summed E-state index contributed by atoms with van der Waals surface area (Å²) in [6, 6.07) is 7.18. The molecule has 3 N–H and O–H groups in total. The average molecular weight is 533 g/mol. The number of carbonyl (C=O) groups excluding carboxylic acids is 1. The molecule has 0 spiro atoms. The van der Waals surface area contributed by atoms with Gasteiger partial charge >= 0.3 is 0 Å². The van der Waals surface area contributed by atoms with Gasteiger partial charge < -0.3 is 16.0 Å². The molecule has 1 unspecified atom stereocenters. The first-order chi connectivity index (χ1) is 13.3. The van der Waals surface area contributed by atoms with Crippen LogP contribution in [0.25, 0.3) is 0 Å². The SMILES string of the molecule is CN=C(NCCNC(=O)c1ccccc1Cl)NC(C)Cc1c(C)nn(C)c1C.I. The van der Waals surface area contributed by atoms with Gasteiger partial charge in [-0.15, -0.1) is 24.0 Å². The highest BCUT2D eigenvalue weighted by Crippen LogP contribution is 2.15. The van der Waals surface area contributed by atoms with Gasteiger partial charge in [-0.05, 0) is 44.9 Å². The van der Waals surface area contributed by atoms with Crippen LogP contribution in [0.15, 0.2) is 29.3 Å². The van der Waals surface area contributed by atoms with E-state index in [4.69, 9.17) is 11.6 Å². The van der Waals surface area contributed by atoms with Crippen LogP contribution in [-0.2, 0) is 13.5 Å². The second kappa shape index (κ2) is 12.0. The maximum Gasteiger partial charge on any atom is 0.252 e. The van der Waals surface area contributed by atoms with Crippen LogP contribution in [-0.4, -0.2) is 47.8 Å². The molecule has 0 aliphatic rings. The molecule has 160 valence electrons. The van der Waals surface area contributed by atoms with E-state index in [-0.39, 0.29) is 35.9 Å². The summed E-state index contributed by atoms with van der Waals surface area (Å²) in [6.07, 6.45) is 0.857. The van der Waals surface area contributed by atoms with Gasteiger partial charge in [0.05, 0.1) is 16.3 Å². The molecule has 0 saturated carbocycles. The van der Waals surface area contributed by atoms with E-state index in [0.717, 1.165) is 12.1 Å². The fourth-order valence-electron chi connectivity index (χ4n) is 3.00. The van der Waals surface area contributed by atoms with E-state index >= 15 is 0 Å². The van der Waals surface area contributed by atoms with E-state index in [1.807, 2.05) is 18.7 Å².